The molecule has 0 bridgehead atoms. The zero-order valence-corrected chi connectivity index (χ0v) is 11.2. The molecule has 0 atom stereocenters. The van der Waals surface area contributed by atoms with Crippen molar-refractivity contribution in [2.24, 2.45) is 0 Å². The van der Waals surface area contributed by atoms with Gasteiger partial charge in [0.1, 0.15) is 0 Å². The summed E-state index contributed by atoms with van der Waals surface area (Å²) < 4.78 is 0. The molecule has 0 heterocycles. The van der Waals surface area contributed by atoms with Gasteiger partial charge in [-0.1, -0.05) is 24.3 Å². The van der Waals surface area contributed by atoms with E-state index >= 15 is 0 Å². The number of nitrogen functional groups attached to an aromatic ring is 2. The minimum Gasteiger partial charge on any atom is -0.399 e. The molecule has 0 radical (unpaired) electrons. The lowest BCUT2D eigenvalue weighted by atomic mass is 10.1. The Bertz CT molecular complexity index is 460. The van der Waals surface area contributed by atoms with Gasteiger partial charge in [0, 0.05) is 25.5 Å². The topological polar surface area (TPSA) is 72.3 Å². The van der Waals surface area contributed by atoms with Gasteiger partial charge >= 0.3 is 0 Å². The second kappa shape index (κ2) is 7.06. The van der Waals surface area contributed by atoms with Crippen molar-refractivity contribution in [1.82, 2.24) is 4.90 Å². The predicted molar refractivity (Wildman–Crippen MR) is 80.5 cm³/mol. The highest BCUT2D eigenvalue weighted by Crippen LogP contribution is 2.21. The molecule has 2 aromatic rings. The third kappa shape index (κ3) is 5.12. The van der Waals surface area contributed by atoms with Crippen LogP contribution in [0.2, 0.25) is 0 Å². The molecule has 0 aromatic heterocycles. The standard InChI is InChI=1S/C12H12N2.C3H7NO/c13-11-5-1-9(2-6-11)10-3-7-12(14)8-4-10;1-4(2)3-5/h1-8H,13-14H2;3H,1-2H3. The largest absolute Gasteiger partial charge is 0.399 e. The Morgan fingerprint density at radius 3 is 1.26 bits per heavy atom. The van der Waals surface area contributed by atoms with Crippen LogP contribution in [0.1, 0.15) is 0 Å². The zero-order chi connectivity index (χ0) is 14.3. The Morgan fingerprint density at radius 1 is 0.789 bits per heavy atom. The molecule has 19 heavy (non-hydrogen) atoms. The van der Waals surface area contributed by atoms with Gasteiger partial charge in [-0.05, 0) is 35.4 Å². The lowest BCUT2D eigenvalue weighted by molar-refractivity contribution is -0.115. The average Bonchev–Trinajstić information content (AvgIpc) is 2.41. The van der Waals surface area contributed by atoms with Crippen molar-refractivity contribution in [3.05, 3.63) is 48.5 Å². The number of carbonyl (C=O) groups is 1. The maximum absolute atomic E-state index is 9.43. The molecule has 1 amide bonds. The van der Waals surface area contributed by atoms with E-state index in [2.05, 4.69) is 0 Å². The molecule has 0 aliphatic carbocycles. The maximum atomic E-state index is 9.43. The SMILES string of the molecule is CN(C)C=O.Nc1ccc(-c2ccc(N)cc2)cc1. The van der Waals surface area contributed by atoms with E-state index in [1.165, 1.54) is 4.90 Å². The highest BCUT2D eigenvalue weighted by atomic mass is 16.1. The fraction of sp³-hybridized carbons (Fsp3) is 0.133. The summed E-state index contributed by atoms with van der Waals surface area (Å²) in [6.07, 6.45) is 0.750. The van der Waals surface area contributed by atoms with Crippen LogP contribution in [0.5, 0.6) is 0 Å². The molecule has 100 valence electrons. The van der Waals surface area contributed by atoms with Crippen LogP contribution < -0.4 is 11.5 Å². The maximum Gasteiger partial charge on any atom is 0.209 e. The number of amides is 1. The van der Waals surface area contributed by atoms with Crippen LogP contribution in [0.4, 0.5) is 11.4 Å². The van der Waals surface area contributed by atoms with Crippen molar-refractivity contribution in [2.75, 3.05) is 25.6 Å². The number of anilines is 2. The summed E-state index contributed by atoms with van der Waals surface area (Å²) in [6, 6.07) is 15.6. The summed E-state index contributed by atoms with van der Waals surface area (Å²) in [5, 5.41) is 0. The van der Waals surface area contributed by atoms with Crippen LogP contribution in [0.25, 0.3) is 11.1 Å². The highest BCUT2D eigenvalue weighted by Gasteiger charge is 1.95. The van der Waals surface area contributed by atoms with Crippen molar-refractivity contribution in [2.45, 2.75) is 0 Å². The molecule has 0 saturated heterocycles. The van der Waals surface area contributed by atoms with E-state index in [1.807, 2.05) is 48.5 Å². The number of rotatable bonds is 2. The quantitative estimate of drug-likeness (QED) is 0.640. The van der Waals surface area contributed by atoms with Crippen LogP contribution in [-0.4, -0.2) is 25.4 Å². The molecule has 2 rings (SSSR count). The molecule has 0 aliphatic rings. The number of nitrogens with zero attached hydrogens (tertiary/aromatic N) is 1. The molecule has 0 aliphatic heterocycles. The highest BCUT2D eigenvalue weighted by molar-refractivity contribution is 5.67. The smallest absolute Gasteiger partial charge is 0.209 e. The molecular weight excluding hydrogens is 238 g/mol. The van der Waals surface area contributed by atoms with E-state index in [9.17, 15) is 4.79 Å². The van der Waals surface area contributed by atoms with E-state index in [0.717, 1.165) is 28.9 Å². The zero-order valence-electron chi connectivity index (χ0n) is 11.2. The summed E-state index contributed by atoms with van der Waals surface area (Å²) >= 11 is 0. The van der Waals surface area contributed by atoms with E-state index in [-0.39, 0.29) is 0 Å². The van der Waals surface area contributed by atoms with Gasteiger partial charge in [0.2, 0.25) is 6.41 Å². The molecule has 0 saturated carbocycles. The monoisotopic (exact) mass is 257 g/mol. The first-order valence-electron chi connectivity index (χ1n) is 5.86. The number of nitrogens with two attached hydrogens (primary N) is 2. The van der Waals surface area contributed by atoms with Crippen molar-refractivity contribution in [3.8, 4) is 11.1 Å². The molecular formula is C15H19N3O. The summed E-state index contributed by atoms with van der Waals surface area (Å²) in [5.74, 6) is 0. The van der Waals surface area contributed by atoms with Gasteiger partial charge in [-0.3, -0.25) is 4.79 Å². The van der Waals surface area contributed by atoms with Crippen LogP contribution in [0.15, 0.2) is 48.5 Å². The van der Waals surface area contributed by atoms with Gasteiger partial charge < -0.3 is 16.4 Å². The Labute approximate surface area is 113 Å². The van der Waals surface area contributed by atoms with Gasteiger partial charge in [0.25, 0.3) is 0 Å². The molecule has 4 nitrogen and oxygen atoms in total. The Morgan fingerprint density at radius 2 is 1.05 bits per heavy atom. The lowest BCUT2D eigenvalue weighted by Crippen LogP contribution is -2.06. The number of hydrogen-bond donors (Lipinski definition) is 2. The van der Waals surface area contributed by atoms with Crippen LogP contribution in [0.3, 0.4) is 0 Å². The second-order valence-corrected chi connectivity index (χ2v) is 4.31. The lowest BCUT2D eigenvalue weighted by Gasteiger charge is -2.02. The van der Waals surface area contributed by atoms with Gasteiger partial charge in [-0.25, -0.2) is 0 Å². The molecule has 0 unspecified atom stereocenters. The summed E-state index contributed by atoms with van der Waals surface area (Å²) in [7, 11) is 3.38. The Hall–Kier alpha value is -2.49. The van der Waals surface area contributed by atoms with Crippen LogP contribution >= 0.6 is 0 Å². The summed E-state index contributed by atoms with van der Waals surface area (Å²) in [6.45, 7) is 0. The van der Waals surface area contributed by atoms with Crippen molar-refractivity contribution in [3.63, 3.8) is 0 Å². The molecule has 0 fully saturated rings. The Balaban J connectivity index is 0.000000312. The molecule has 2 aromatic carbocycles. The first-order valence-corrected chi connectivity index (χ1v) is 5.86. The third-order valence-electron chi connectivity index (χ3n) is 2.37. The normalized spacial score (nSPS) is 9.16. The van der Waals surface area contributed by atoms with Gasteiger partial charge in [-0.2, -0.15) is 0 Å². The minimum atomic E-state index is 0.750. The second-order valence-electron chi connectivity index (χ2n) is 4.31. The van der Waals surface area contributed by atoms with Crippen LogP contribution in [-0.2, 0) is 4.79 Å². The third-order valence-corrected chi connectivity index (χ3v) is 2.37. The van der Waals surface area contributed by atoms with Crippen LogP contribution in [0, 0.1) is 0 Å². The fourth-order valence-electron chi connectivity index (χ4n) is 1.35. The molecule has 0 spiro atoms. The van der Waals surface area contributed by atoms with Crippen molar-refractivity contribution in [1.29, 1.82) is 0 Å². The van der Waals surface area contributed by atoms with E-state index in [4.69, 9.17) is 11.5 Å². The van der Waals surface area contributed by atoms with Gasteiger partial charge in [0.15, 0.2) is 0 Å². The number of hydrogen-bond acceptors (Lipinski definition) is 3. The van der Waals surface area contributed by atoms with Gasteiger partial charge in [0.05, 0.1) is 0 Å². The van der Waals surface area contributed by atoms with Gasteiger partial charge in [-0.15, -0.1) is 0 Å². The number of benzene rings is 2. The van der Waals surface area contributed by atoms with E-state index < -0.39 is 0 Å². The average molecular weight is 257 g/mol. The summed E-state index contributed by atoms with van der Waals surface area (Å²) in [5.41, 5.74) is 15.1. The molecule has 4 heteroatoms. The van der Waals surface area contributed by atoms with E-state index in [0.29, 0.717) is 0 Å². The minimum absolute atomic E-state index is 0.750. The predicted octanol–water partition coefficient (Wildman–Crippen LogP) is 2.22. The van der Waals surface area contributed by atoms with E-state index in [1.54, 1.807) is 14.1 Å². The fourth-order valence-corrected chi connectivity index (χ4v) is 1.35. The Kier molecular flexibility index (Phi) is 5.41. The first kappa shape index (κ1) is 14.6. The van der Waals surface area contributed by atoms with Crippen molar-refractivity contribution >= 4 is 17.8 Å². The molecule has 4 N–H and O–H groups in total. The first-order chi connectivity index (χ1) is 9.02. The number of carbonyl (C=O) groups excluding carboxylic acids is 1. The summed E-state index contributed by atoms with van der Waals surface area (Å²) in [4.78, 5) is 10.9. The van der Waals surface area contributed by atoms with Crippen molar-refractivity contribution < 1.29 is 4.79 Å².